The molecule has 1 aromatic rings. The number of alkyl halides is 1. The molecule has 146 valence electrons. The van der Waals surface area contributed by atoms with Crippen LogP contribution in [0.2, 0.25) is 0 Å². The van der Waals surface area contributed by atoms with Crippen molar-refractivity contribution < 1.29 is 13.5 Å². The predicted molar refractivity (Wildman–Crippen MR) is 112 cm³/mol. The SMILES string of the molecule is C=CCCC(O)(CC(Br)C=C)[C@@H](NS(=O)(=O)c1ccccc1)[C@@H](C)CC. The molecule has 6 heteroatoms. The lowest BCUT2D eigenvalue weighted by Gasteiger charge is -2.40. The van der Waals surface area contributed by atoms with E-state index >= 15 is 0 Å². The molecule has 0 bridgehead atoms. The van der Waals surface area contributed by atoms with E-state index in [0.717, 1.165) is 6.42 Å². The molecule has 0 saturated carbocycles. The van der Waals surface area contributed by atoms with Crippen LogP contribution in [0.1, 0.15) is 39.5 Å². The van der Waals surface area contributed by atoms with Gasteiger partial charge in [0.1, 0.15) is 0 Å². The smallest absolute Gasteiger partial charge is 0.240 e. The van der Waals surface area contributed by atoms with Gasteiger partial charge in [-0.05, 0) is 37.3 Å². The third-order valence-electron chi connectivity index (χ3n) is 4.71. The minimum absolute atomic E-state index is 0.0483. The molecule has 0 fully saturated rings. The van der Waals surface area contributed by atoms with E-state index in [0.29, 0.717) is 19.3 Å². The molecule has 2 N–H and O–H groups in total. The highest BCUT2D eigenvalue weighted by atomic mass is 79.9. The second-order valence-electron chi connectivity index (χ2n) is 6.68. The molecule has 2 unspecified atom stereocenters. The fourth-order valence-electron chi connectivity index (χ4n) is 2.98. The van der Waals surface area contributed by atoms with Crippen LogP contribution >= 0.6 is 15.9 Å². The van der Waals surface area contributed by atoms with Crippen molar-refractivity contribution in [3.63, 3.8) is 0 Å². The van der Waals surface area contributed by atoms with Crippen LogP contribution in [0.5, 0.6) is 0 Å². The lowest BCUT2D eigenvalue weighted by Crippen LogP contribution is -2.56. The van der Waals surface area contributed by atoms with Gasteiger partial charge in [-0.25, -0.2) is 13.1 Å². The molecule has 0 aliphatic heterocycles. The molecule has 0 aromatic heterocycles. The molecule has 0 amide bonds. The summed E-state index contributed by atoms with van der Waals surface area (Å²) >= 11 is 3.49. The number of aliphatic hydroxyl groups is 1. The van der Waals surface area contributed by atoms with Crippen LogP contribution in [-0.4, -0.2) is 30.0 Å². The third-order valence-corrected chi connectivity index (χ3v) is 6.87. The van der Waals surface area contributed by atoms with Crippen LogP contribution in [0.4, 0.5) is 0 Å². The topological polar surface area (TPSA) is 66.4 Å². The second-order valence-corrected chi connectivity index (χ2v) is 9.57. The molecular formula is C20H30BrNO3S. The third kappa shape index (κ3) is 6.34. The number of benzene rings is 1. The van der Waals surface area contributed by atoms with Gasteiger partial charge in [-0.2, -0.15) is 0 Å². The fraction of sp³-hybridized carbons (Fsp3) is 0.500. The van der Waals surface area contributed by atoms with Gasteiger partial charge in [0, 0.05) is 4.83 Å². The molecule has 0 aliphatic rings. The van der Waals surface area contributed by atoms with Crippen LogP contribution in [0.25, 0.3) is 0 Å². The van der Waals surface area contributed by atoms with Gasteiger partial charge in [0.2, 0.25) is 10.0 Å². The Bertz CT molecular complexity index is 678. The molecule has 4 nitrogen and oxygen atoms in total. The lowest BCUT2D eigenvalue weighted by atomic mass is 9.78. The Labute approximate surface area is 166 Å². The zero-order valence-electron chi connectivity index (χ0n) is 15.6. The number of halogens is 1. The molecular weight excluding hydrogens is 414 g/mol. The quantitative estimate of drug-likeness (QED) is 0.371. The Morgan fingerprint density at radius 1 is 1.31 bits per heavy atom. The van der Waals surface area contributed by atoms with Crippen molar-refractivity contribution in [3.05, 3.63) is 55.6 Å². The summed E-state index contributed by atoms with van der Waals surface area (Å²) in [6, 6.07) is 7.61. The Kier molecular flexibility index (Phi) is 9.24. The highest BCUT2D eigenvalue weighted by Crippen LogP contribution is 2.33. The van der Waals surface area contributed by atoms with Gasteiger partial charge in [-0.3, -0.25) is 0 Å². The Morgan fingerprint density at radius 2 is 1.92 bits per heavy atom. The summed E-state index contributed by atoms with van der Waals surface area (Å²) < 4.78 is 28.5. The minimum atomic E-state index is -3.74. The summed E-state index contributed by atoms with van der Waals surface area (Å²) in [5.41, 5.74) is -1.23. The van der Waals surface area contributed by atoms with Gasteiger partial charge in [0.05, 0.1) is 16.5 Å². The molecule has 0 heterocycles. The molecule has 4 atom stereocenters. The number of rotatable bonds is 12. The van der Waals surface area contributed by atoms with Gasteiger partial charge in [0.15, 0.2) is 0 Å². The van der Waals surface area contributed by atoms with Gasteiger partial charge >= 0.3 is 0 Å². The molecule has 0 radical (unpaired) electrons. The molecule has 26 heavy (non-hydrogen) atoms. The van der Waals surface area contributed by atoms with E-state index in [1.807, 2.05) is 13.8 Å². The summed E-state index contributed by atoms with van der Waals surface area (Å²) in [7, 11) is -3.74. The number of allylic oxidation sites excluding steroid dienone is 2. The monoisotopic (exact) mass is 443 g/mol. The van der Waals surface area contributed by atoms with Crippen LogP contribution in [0.3, 0.4) is 0 Å². The lowest BCUT2D eigenvalue weighted by molar-refractivity contribution is -0.0211. The molecule has 0 spiro atoms. The first kappa shape index (κ1) is 23.1. The molecule has 0 aliphatic carbocycles. The first-order chi connectivity index (χ1) is 12.2. The van der Waals surface area contributed by atoms with E-state index in [1.165, 1.54) is 0 Å². The normalized spacial score (nSPS) is 17.7. The summed E-state index contributed by atoms with van der Waals surface area (Å²) in [5, 5.41) is 11.5. The molecule has 1 rings (SSSR count). The zero-order chi connectivity index (χ0) is 19.8. The summed E-state index contributed by atoms with van der Waals surface area (Å²) in [5.74, 6) is -0.0483. The van der Waals surface area contributed by atoms with E-state index in [2.05, 4.69) is 33.8 Å². The molecule has 0 saturated heterocycles. The van der Waals surface area contributed by atoms with E-state index < -0.39 is 21.7 Å². The first-order valence-electron chi connectivity index (χ1n) is 8.87. The number of sulfonamides is 1. The maximum absolute atomic E-state index is 12.9. The maximum Gasteiger partial charge on any atom is 0.240 e. The largest absolute Gasteiger partial charge is 0.388 e. The van der Waals surface area contributed by atoms with E-state index in [9.17, 15) is 13.5 Å². The Hall–Kier alpha value is -0.950. The highest BCUT2D eigenvalue weighted by molar-refractivity contribution is 9.09. The van der Waals surface area contributed by atoms with Crippen molar-refractivity contribution in [2.24, 2.45) is 5.92 Å². The standard InChI is InChI=1S/C20H30BrNO3S/c1-5-8-14-20(23,15-17(21)7-3)19(16(4)6-2)22-26(24,25)18-12-10-9-11-13-18/h5,7,9-13,16-17,19,22-23H,1,3,6,8,14-15H2,2,4H3/t16-,17?,19-,20?/m0/s1. The highest BCUT2D eigenvalue weighted by Gasteiger charge is 2.42. The van der Waals surface area contributed by atoms with Gasteiger partial charge in [-0.15, -0.1) is 13.2 Å². The summed E-state index contributed by atoms with van der Waals surface area (Å²) in [6.07, 6.45) is 5.54. The predicted octanol–water partition coefficient (Wildman–Crippen LogP) is 4.42. The van der Waals surface area contributed by atoms with E-state index in [1.54, 1.807) is 42.5 Å². The minimum Gasteiger partial charge on any atom is -0.388 e. The first-order valence-corrected chi connectivity index (χ1v) is 11.3. The zero-order valence-corrected chi connectivity index (χ0v) is 18.0. The number of hydrogen-bond acceptors (Lipinski definition) is 3. The van der Waals surface area contributed by atoms with Crippen molar-refractivity contribution in [2.45, 2.75) is 60.9 Å². The maximum atomic E-state index is 12.9. The van der Waals surface area contributed by atoms with Crippen molar-refractivity contribution in [1.82, 2.24) is 4.72 Å². The summed E-state index contributed by atoms with van der Waals surface area (Å²) in [6.45, 7) is 11.4. The van der Waals surface area contributed by atoms with Crippen LogP contribution in [0, 0.1) is 5.92 Å². The van der Waals surface area contributed by atoms with Crippen LogP contribution in [0.15, 0.2) is 60.5 Å². The average Bonchev–Trinajstić information content (AvgIpc) is 2.64. The van der Waals surface area contributed by atoms with Crippen molar-refractivity contribution in [3.8, 4) is 0 Å². The van der Waals surface area contributed by atoms with Gasteiger partial charge in [0.25, 0.3) is 0 Å². The van der Waals surface area contributed by atoms with Crippen molar-refractivity contribution in [1.29, 1.82) is 0 Å². The van der Waals surface area contributed by atoms with E-state index in [-0.39, 0.29) is 15.6 Å². The fourth-order valence-corrected chi connectivity index (χ4v) is 4.98. The van der Waals surface area contributed by atoms with Crippen molar-refractivity contribution in [2.75, 3.05) is 0 Å². The van der Waals surface area contributed by atoms with Crippen LogP contribution < -0.4 is 4.72 Å². The Morgan fingerprint density at radius 3 is 2.42 bits per heavy atom. The van der Waals surface area contributed by atoms with Gasteiger partial charge < -0.3 is 5.11 Å². The van der Waals surface area contributed by atoms with E-state index in [4.69, 9.17) is 0 Å². The molecule has 1 aromatic carbocycles. The number of hydrogen-bond donors (Lipinski definition) is 2. The summed E-state index contributed by atoms with van der Waals surface area (Å²) in [4.78, 5) is 0.0728. The average molecular weight is 444 g/mol. The second kappa shape index (κ2) is 10.4. The van der Waals surface area contributed by atoms with Crippen LogP contribution in [-0.2, 0) is 10.0 Å². The van der Waals surface area contributed by atoms with Gasteiger partial charge in [-0.1, -0.05) is 66.5 Å². The van der Waals surface area contributed by atoms with Crippen molar-refractivity contribution >= 4 is 26.0 Å². The number of nitrogens with one attached hydrogen (secondary N) is 1. The Balaban J connectivity index is 3.26.